The number of amides is 2. The molecule has 3 atom stereocenters. The molecule has 1 fully saturated rings. The van der Waals surface area contributed by atoms with Crippen LogP contribution in [-0.4, -0.2) is 160 Å². The topological polar surface area (TPSA) is 258 Å². The Morgan fingerprint density at radius 3 is 1.45 bits per heavy atom. The molecular formula is C51H73ClN4O15S4. The van der Waals surface area contributed by atoms with Crippen molar-refractivity contribution >= 4 is 75.3 Å². The molecule has 0 radical (unpaired) electrons. The predicted octanol–water partition coefficient (Wildman–Crippen LogP) is 4.66. The van der Waals surface area contributed by atoms with E-state index < -0.39 is 67.5 Å². The summed E-state index contributed by atoms with van der Waals surface area (Å²) in [5, 5.41) is 8.94. The van der Waals surface area contributed by atoms with Crippen molar-refractivity contribution in [2.75, 3.05) is 84.1 Å². The molecule has 418 valence electrons. The third-order valence-corrected chi connectivity index (χ3v) is 18.2. The number of hydrogen-bond acceptors (Lipinski definition) is 17. The van der Waals surface area contributed by atoms with Gasteiger partial charge in [-0.05, 0) is 112 Å². The molecule has 3 N–H and O–H groups in total. The lowest BCUT2D eigenvalue weighted by molar-refractivity contribution is -0.201. The summed E-state index contributed by atoms with van der Waals surface area (Å²) >= 11 is 0. The second-order valence-electron chi connectivity index (χ2n) is 18.9. The molecule has 24 heteroatoms. The minimum atomic E-state index is -3.71. The van der Waals surface area contributed by atoms with Crippen molar-refractivity contribution in [1.29, 1.82) is 0 Å². The van der Waals surface area contributed by atoms with Crippen molar-refractivity contribution < 1.29 is 66.4 Å². The quantitative estimate of drug-likeness (QED) is 0.0476. The number of halogens is 1. The zero-order valence-corrected chi connectivity index (χ0v) is 47.7. The normalized spacial score (nSPS) is 18.3. The molecule has 0 aliphatic carbocycles. The molecule has 3 heterocycles. The van der Waals surface area contributed by atoms with Gasteiger partial charge < -0.3 is 4.74 Å². The second kappa shape index (κ2) is 30.1. The van der Waals surface area contributed by atoms with E-state index in [1.54, 1.807) is 0 Å². The number of hydroxylamine groups is 2. The maximum Gasteiger partial charge on any atom is 0.264 e. The third kappa shape index (κ3) is 22.0. The van der Waals surface area contributed by atoms with Gasteiger partial charge in [0.15, 0.2) is 35.5 Å². The Kier molecular flexibility index (Phi) is 26.1. The van der Waals surface area contributed by atoms with E-state index in [4.69, 9.17) is 19.0 Å². The lowest BCUT2D eigenvalue weighted by Crippen LogP contribution is -2.52. The monoisotopic (exact) mass is 1140 g/mol. The van der Waals surface area contributed by atoms with E-state index in [9.17, 15) is 43.3 Å². The summed E-state index contributed by atoms with van der Waals surface area (Å²) < 4.78 is 105. The van der Waals surface area contributed by atoms with E-state index in [1.165, 1.54) is 30.5 Å². The van der Waals surface area contributed by atoms with Gasteiger partial charge in [0.1, 0.15) is 0 Å². The summed E-state index contributed by atoms with van der Waals surface area (Å²) in [6.45, 7) is 7.19. The average Bonchev–Trinajstić information content (AvgIpc) is 3.35. The van der Waals surface area contributed by atoms with Crippen molar-refractivity contribution in [2.45, 2.75) is 100 Å². The minimum absolute atomic E-state index is 0. The van der Waals surface area contributed by atoms with Crippen LogP contribution in [0.5, 0.6) is 0 Å². The van der Waals surface area contributed by atoms with Crippen LogP contribution in [0.3, 0.4) is 0 Å². The number of nitrogens with one attached hydrogen (secondary N) is 2. The van der Waals surface area contributed by atoms with Gasteiger partial charge in [-0.25, -0.2) is 32.6 Å². The molecule has 1 saturated heterocycles. The van der Waals surface area contributed by atoms with Gasteiger partial charge in [0.2, 0.25) is 0 Å². The Morgan fingerprint density at radius 2 is 1.11 bits per heavy atom. The van der Waals surface area contributed by atoms with Gasteiger partial charge in [0, 0.05) is 88.8 Å². The van der Waals surface area contributed by atoms with Gasteiger partial charge in [-0.15, -0.1) is 12.4 Å². The molecule has 19 nitrogen and oxygen atoms in total. The molecular weight excluding hydrogens is 1070 g/mol. The van der Waals surface area contributed by atoms with Crippen LogP contribution in [0, 0.1) is 23.7 Å². The zero-order valence-electron chi connectivity index (χ0n) is 43.6. The first kappa shape index (κ1) is 65.1. The number of carbonyl (C=O) groups excluding carboxylic acids is 2. The number of benzene rings is 2. The SMILES string of the molecule is CC(CCN1CC=C(c2ccc(C#CCCCOS(C)(=O)=O)cc2)CC1)(C(=O)NO)S(C)(=O)=O.CC(CCN1CC=C(c2ccc(C#CCCCOS(C)(=O)=O)cc2)CC1)(C(=O)NOC1CCCCO1)S(C)(=O)=O.Cl. The Bertz CT molecular complexity index is 2870. The Morgan fingerprint density at radius 1 is 0.680 bits per heavy atom. The lowest BCUT2D eigenvalue weighted by Gasteiger charge is -2.32. The Balaban J connectivity index is 0.000000395. The lowest BCUT2D eigenvalue weighted by atomic mass is 9.98. The highest BCUT2D eigenvalue weighted by molar-refractivity contribution is 7.93. The van der Waals surface area contributed by atoms with Crippen molar-refractivity contribution in [2.24, 2.45) is 0 Å². The summed E-state index contributed by atoms with van der Waals surface area (Å²) in [6.07, 6.45) is 14.3. The van der Waals surface area contributed by atoms with Crippen LogP contribution < -0.4 is 11.0 Å². The first-order chi connectivity index (χ1) is 34.7. The van der Waals surface area contributed by atoms with Gasteiger partial charge in [-0.2, -0.15) is 16.8 Å². The molecule has 0 aromatic heterocycles. The molecule has 3 aliphatic rings. The predicted molar refractivity (Wildman–Crippen MR) is 290 cm³/mol. The summed E-state index contributed by atoms with van der Waals surface area (Å²) in [5.74, 6) is 10.6. The fraction of sp³-hybridized carbons (Fsp3) is 0.569. The fourth-order valence-electron chi connectivity index (χ4n) is 7.79. The van der Waals surface area contributed by atoms with E-state index in [0.717, 1.165) is 86.0 Å². The van der Waals surface area contributed by atoms with Crippen LogP contribution in [0.2, 0.25) is 0 Å². The van der Waals surface area contributed by atoms with Crippen LogP contribution in [0.4, 0.5) is 0 Å². The van der Waals surface area contributed by atoms with Crippen molar-refractivity contribution in [3.63, 3.8) is 0 Å². The third-order valence-electron chi connectivity index (χ3n) is 13.0. The van der Waals surface area contributed by atoms with Crippen LogP contribution in [0.1, 0.15) is 107 Å². The van der Waals surface area contributed by atoms with Gasteiger partial charge in [-0.1, -0.05) is 60.1 Å². The van der Waals surface area contributed by atoms with Crippen LogP contribution in [-0.2, 0) is 67.4 Å². The maximum absolute atomic E-state index is 12.9. The number of rotatable bonds is 22. The zero-order chi connectivity index (χ0) is 54.6. The Hall–Kier alpha value is -4.21. The summed E-state index contributed by atoms with van der Waals surface area (Å²) in [4.78, 5) is 34.4. The largest absolute Gasteiger partial charge is 0.350 e. The standard InChI is InChI=1S/C28H40N2O8S2.C23H32N2O7S2.ClH/c1-28(39(2,32)33,27(31)29-38-26-10-6-8-21-36-26)17-20-30-18-15-25(16-19-30)24-13-11-23(12-14-24)9-5-4-7-22-37-40(3,34)35;1-23(22(26)24-27,33(2,28)29)14-17-25-15-12-21(13-16-25)20-10-8-19(9-11-20)7-5-4-6-18-32-34(3,30)31;/h11-15,26H,4,6-8,10,16-22H2,1-3H3,(H,29,31);8-12,27H,4,6,13-18H2,1-3H3,(H,24,26);1H. The van der Waals surface area contributed by atoms with Gasteiger partial charge in [-0.3, -0.25) is 33.0 Å². The Labute approximate surface area is 451 Å². The van der Waals surface area contributed by atoms with E-state index >= 15 is 0 Å². The molecule has 75 heavy (non-hydrogen) atoms. The number of ether oxygens (including phenoxy) is 1. The average molecular weight is 1150 g/mol. The van der Waals surface area contributed by atoms with E-state index in [2.05, 4.69) is 55.3 Å². The van der Waals surface area contributed by atoms with Crippen LogP contribution >= 0.6 is 12.4 Å². The smallest absolute Gasteiger partial charge is 0.264 e. The maximum atomic E-state index is 12.9. The van der Waals surface area contributed by atoms with Crippen molar-refractivity contribution in [1.82, 2.24) is 20.8 Å². The second-order valence-corrected chi connectivity index (χ2v) is 27.0. The number of nitrogens with zero attached hydrogens (tertiary/aromatic N) is 2. The highest BCUT2D eigenvalue weighted by atomic mass is 35.5. The molecule has 0 bridgehead atoms. The fourth-order valence-corrected chi connectivity index (χ4v) is 10.3. The molecule has 0 spiro atoms. The molecule has 0 saturated carbocycles. The van der Waals surface area contributed by atoms with Gasteiger partial charge in [0.25, 0.3) is 32.1 Å². The van der Waals surface area contributed by atoms with Gasteiger partial charge >= 0.3 is 0 Å². The van der Waals surface area contributed by atoms with Crippen LogP contribution in [0.15, 0.2) is 60.7 Å². The van der Waals surface area contributed by atoms with E-state index in [-0.39, 0.29) is 38.5 Å². The molecule has 3 unspecified atom stereocenters. The highest BCUT2D eigenvalue weighted by Gasteiger charge is 2.45. The number of hydrogen-bond donors (Lipinski definition) is 3. The summed E-state index contributed by atoms with van der Waals surface area (Å²) in [6, 6.07) is 15.9. The van der Waals surface area contributed by atoms with E-state index in [0.29, 0.717) is 64.9 Å². The summed E-state index contributed by atoms with van der Waals surface area (Å²) in [7, 11) is -14.2. The molecule has 3 aliphatic heterocycles. The number of unbranched alkanes of at least 4 members (excludes halogenated alkanes) is 2. The number of sulfone groups is 2. The molecule has 5 rings (SSSR count). The highest BCUT2D eigenvalue weighted by Crippen LogP contribution is 2.28. The first-order valence-electron chi connectivity index (χ1n) is 24.3. The van der Waals surface area contributed by atoms with Crippen molar-refractivity contribution in [3.8, 4) is 23.7 Å². The molecule has 2 aromatic carbocycles. The molecule has 2 aromatic rings. The van der Waals surface area contributed by atoms with Crippen LogP contribution in [0.25, 0.3) is 11.1 Å². The van der Waals surface area contributed by atoms with Crippen molar-refractivity contribution in [3.05, 3.63) is 82.9 Å². The number of carbonyl (C=O) groups is 2. The first-order valence-corrected chi connectivity index (χ1v) is 31.8. The summed E-state index contributed by atoms with van der Waals surface area (Å²) in [5.41, 5.74) is 10.1. The van der Waals surface area contributed by atoms with Gasteiger partial charge in [0.05, 0.1) is 25.7 Å². The minimum Gasteiger partial charge on any atom is -0.350 e. The molecule has 2 amide bonds. The van der Waals surface area contributed by atoms with E-state index in [1.807, 2.05) is 48.5 Å².